The van der Waals surface area contributed by atoms with Crippen molar-refractivity contribution in [1.82, 2.24) is 25.8 Å². The first-order valence-corrected chi connectivity index (χ1v) is 9.98. The number of aliphatic imine (C=N–C) groups is 1. The summed E-state index contributed by atoms with van der Waals surface area (Å²) < 4.78 is 10.5. The summed E-state index contributed by atoms with van der Waals surface area (Å²) in [6.07, 6.45) is 3.60. The van der Waals surface area contributed by atoms with Crippen molar-refractivity contribution in [3.05, 3.63) is 35.5 Å². The Morgan fingerprint density at radius 3 is 2.93 bits per heavy atom. The van der Waals surface area contributed by atoms with Gasteiger partial charge in [-0.15, -0.1) is 0 Å². The molecule has 2 unspecified atom stereocenters. The summed E-state index contributed by atoms with van der Waals surface area (Å²) in [5, 5.41) is 18.7. The second-order valence-electron chi connectivity index (χ2n) is 7.42. The Hall–Kier alpha value is -3.07. The van der Waals surface area contributed by atoms with Crippen LogP contribution in [0.1, 0.15) is 36.8 Å². The molecule has 1 saturated heterocycles. The molecule has 4 heterocycles. The fourth-order valence-electron chi connectivity index (χ4n) is 4.53. The lowest BCUT2D eigenvalue weighted by atomic mass is 9.72. The van der Waals surface area contributed by atoms with Crippen LogP contribution in [0.25, 0.3) is 11.0 Å². The first-order valence-electron chi connectivity index (χ1n) is 9.98. The Kier molecular flexibility index (Phi) is 4.59. The van der Waals surface area contributed by atoms with E-state index in [-0.39, 0.29) is 17.8 Å². The highest BCUT2D eigenvalue weighted by atomic mass is 16.6. The van der Waals surface area contributed by atoms with Gasteiger partial charge >= 0.3 is 5.97 Å². The molecule has 3 aromatic rings. The van der Waals surface area contributed by atoms with Crippen LogP contribution in [0.15, 0.2) is 34.0 Å². The normalized spacial score (nSPS) is 22.3. The number of carbonyl (C=O) groups is 1. The standard InChI is InChI=1S/C20H22N6O3/c1-2-28-20(27)16-15(12-4-3-5-14-18(12)26-29-25-14)13-10-22-24-19(13)23-17(16)11-6-8-21-9-7-11/h3-5,10-11,15-16,21H,2,6-9H2,1H3,(H,22,24). The van der Waals surface area contributed by atoms with Gasteiger partial charge in [0.2, 0.25) is 0 Å². The van der Waals surface area contributed by atoms with E-state index in [0.29, 0.717) is 23.5 Å². The maximum atomic E-state index is 13.2. The third-order valence-electron chi connectivity index (χ3n) is 5.83. The monoisotopic (exact) mass is 394 g/mol. The van der Waals surface area contributed by atoms with Crippen molar-refractivity contribution in [2.75, 3.05) is 19.7 Å². The van der Waals surface area contributed by atoms with E-state index in [9.17, 15) is 4.79 Å². The Balaban J connectivity index is 1.69. The van der Waals surface area contributed by atoms with Gasteiger partial charge in [-0.05, 0) is 54.8 Å². The molecule has 5 rings (SSSR count). The van der Waals surface area contributed by atoms with Crippen LogP contribution in [-0.4, -0.2) is 51.9 Å². The molecule has 0 saturated carbocycles. The molecule has 0 spiro atoms. The number of H-pyrrole nitrogens is 1. The zero-order valence-electron chi connectivity index (χ0n) is 16.1. The lowest BCUT2D eigenvalue weighted by molar-refractivity contribution is -0.146. The van der Waals surface area contributed by atoms with Crippen molar-refractivity contribution in [2.24, 2.45) is 16.8 Å². The van der Waals surface area contributed by atoms with Crippen molar-refractivity contribution < 1.29 is 14.2 Å². The number of nitrogens with one attached hydrogen (secondary N) is 2. The van der Waals surface area contributed by atoms with Crippen LogP contribution in [0.2, 0.25) is 0 Å². The summed E-state index contributed by atoms with van der Waals surface area (Å²) in [5.41, 5.74) is 3.88. The number of ether oxygens (including phenoxy) is 1. The second kappa shape index (κ2) is 7.40. The van der Waals surface area contributed by atoms with Crippen LogP contribution in [0.3, 0.4) is 0 Å². The highest BCUT2D eigenvalue weighted by molar-refractivity contribution is 6.07. The fraction of sp³-hybridized carbons (Fsp3) is 0.450. The molecule has 1 fully saturated rings. The number of aromatic nitrogens is 4. The minimum absolute atomic E-state index is 0.208. The summed E-state index contributed by atoms with van der Waals surface area (Å²) >= 11 is 0. The van der Waals surface area contributed by atoms with Gasteiger partial charge in [-0.3, -0.25) is 9.89 Å². The van der Waals surface area contributed by atoms with E-state index in [1.165, 1.54) is 0 Å². The van der Waals surface area contributed by atoms with Crippen LogP contribution < -0.4 is 5.32 Å². The quantitative estimate of drug-likeness (QED) is 0.652. The zero-order valence-corrected chi connectivity index (χ0v) is 16.1. The predicted molar refractivity (Wildman–Crippen MR) is 105 cm³/mol. The number of hydrogen-bond acceptors (Lipinski definition) is 8. The molecule has 0 amide bonds. The number of aromatic amines is 1. The molecule has 2 aromatic heterocycles. The first-order chi connectivity index (χ1) is 14.3. The van der Waals surface area contributed by atoms with Crippen molar-refractivity contribution in [2.45, 2.75) is 25.7 Å². The van der Waals surface area contributed by atoms with Gasteiger partial charge in [-0.2, -0.15) is 5.10 Å². The molecular weight excluding hydrogens is 372 g/mol. The molecule has 0 bridgehead atoms. The average Bonchev–Trinajstić information content (AvgIpc) is 3.42. The van der Waals surface area contributed by atoms with E-state index in [4.69, 9.17) is 14.4 Å². The molecule has 0 radical (unpaired) electrons. The minimum Gasteiger partial charge on any atom is -0.465 e. The van der Waals surface area contributed by atoms with Gasteiger partial charge in [0.05, 0.1) is 12.8 Å². The highest BCUT2D eigenvalue weighted by Crippen LogP contribution is 2.45. The SMILES string of the molecule is CCOC(=O)C1C(C2CCNCC2)=Nc2[nH]ncc2C1c1cccc2nonc12. The van der Waals surface area contributed by atoms with Gasteiger partial charge < -0.3 is 10.1 Å². The van der Waals surface area contributed by atoms with Crippen molar-refractivity contribution in [3.63, 3.8) is 0 Å². The summed E-state index contributed by atoms with van der Waals surface area (Å²) in [7, 11) is 0. The molecule has 9 nitrogen and oxygen atoms in total. The van der Waals surface area contributed by atoms with E-state index < -0.39 is 5.92 Å². The van der Waals surface area contributed by atoms with Crippen molar-refractivity contribution in [3.8, 4) is 0 Å². The molecule has 2 N–H and O–H groups in total. The summed E-state index contributed by atoms with van der Waals surface area (Å²) in [4.78, 5) is 18.1. The van der Waals surface area contributed by atoms with Gasteiger partial charge in [-0.1, -0.05) is 12.1 Å². The molecule has 2 aliphatic heterocycles. The zero-order chi connectivity index (χ0) is 19.8. The molecule has 1 aromatic carbocycles. The number of nitrogens with zero attached hydrogens (tertiary/aromatic N) is 4. The van der Waals surface area contributed by atoms with Crippen LogP contribution in [0.4, 0.5) is 5.82 Å². The van der Waals surface area contributed by atoms with E-state index in [1.54, 1.807) is 6.20 Å². The Bertz CT molecular complexity index is 1070. The maximum Gasteiger partial charge on any atom is 0.315 e. The van der Waals surface area contributed by atoms with Crippen molar-refractivity contribution >= 4 is 28.5 Å². The topological polar surface area (TPSA) is 118 Å². The molecule has 0 aliphatic carbocycles. The van der Waals surface area contributed by atoms with Crippen LogP contribution in [0.5, 0.6) is 0 Å². The Morgan fingerprint density at radius 1 is 1.24 bits per heavy atom. The lowest BCUT2D eigenvalue weighted by Gasteiger charge is -2.35. The van der Waals surface area contributed by atoms with Crippen LogP contribution in [-0.2, 0) is 9.53 Å². The number of carbonyl (C=O) groups excluding carboxylic acids is 1. The number of piperidine rings is 1. The minimum atomic E-state index is -0.537. The Labute approximate surface area is 166 Å². The summed E-state index contributed by atoms with van der Waals surface area (Å²) in [6, 6.07) is 5.71. The van der Waals surface area contributed by atoms with E-state index in [2.05, 4.69) is 25.8 Å². The second-order valence-corrected chi connectivity index (χ2v) is 7.42. The maximum absolute atomic E-state index is 13.2. The lowest BCUT2D eigenvalue weighted by Crippen LogP contribution is -2.41. The predicted octanol–water partition coefficient (Wildman–Crippen LogP) is 2.34. The Morgan fingerprint density at radius 2 is 2.10 bits per heavy atom. The van der Waals surface area contributed by atoms with Gasteiger partial charge in [0.25, 0.3) is 0 Å². The molecule has 150 valence electrons. The molecule has 2 aliphatic rings. The highest BCUT2D eigenvalue weighted by Gasteiger charge is 2.44. The summed E-state index contributed by atoms with van der Waals surface area (Å²) in [5.74, 6) is -0.224. The third-order valence-corrected chi connectivity index (χ3v) is 5.83. The molecule has 2 atom stereocenters. The number of rotatable bonds is 4. The smallest absolute Gasteiger partial charge is 0.315 e. The van der Waals surface area contributed by atoms with Crippen molar-refractivity contribution in [1.29, 1.82) is 0 Å². The van der Waals surface area contributed by atoms with Gasteiger partial charge in [0, 0.05) is 23.1 Å². The average molecular weight is 394 g/mol. The van der Waals surface area contributed by atoms with Crippen LogP contribution >= 0.6 is 0 Å². The fourth-order valence-corrected chi connectivity index (χ4v) is 4.53. The first kappa shape index (κ1) is 18.0. The molecular formula is C20H22N6O3. The number of hydrogen-bond donors (Lipinski definition) is 2. The number of benzene rings is 1. The van der Waals surface area contributed by atoms with Gasteiger partial charge in [-0.25, -0.2) is 9.62 Å². The van der Waals surface area contributed by atoms with E-state index >= 15 is 0 Å². The number of esters is 1. The molecule has 9 heteroatoms. The van der Waals surface area contributed by atoms with Crippen LogP contribution in [0, 0.1) is 11.8 Å². The molecule has 29 heavy (non-hydrogen) atoms. The third kappa shape index (κ3) is 3.02. The number of fused-ring (bicyclic) bond motifs is 2. The van der Waals surface area contributed by atoms with E-state index in [1.807, 2.05) is 25.1 Å². The van der Waals surface area contributed by atoms with Gasteiger partial charge in [0.15, 0.2) is 5.82 Å². The largest absolute Gasteiger partial charge is 0.465 e. The van der Waals surface area contributed by atoms with E-state index in [0.717, 1.165) is 42.8 Å². The van der Waals surface area contributed by atoms with Gasteiger partial charge in [0.1, 0.15) is 17.0 Å². The summed E-state index contributed by atoms with van der Waals surface area (Å²) in [6.45, 7) is 3.95.